The minimum absolute atomic E-state index is 0. The van der Waals surface area contributed by atoms with Gasteiger partial charge in [0, 0.05) is 22.7 Å². The standard InChI is InChI=1S/C15H16N4OS.C11H14N4O.2CH4/c1-10(2)19-17-13(11-4-6-12(20-3)7-5-11)14(18-19)15-16-8-9-21-15;1-8(2)15-13-11(12-14-15)9-4-6-10(16-3)7-5-9;;/h4-10H,1-3H3;4-8H,1-3H3;2*1H4. The zero-order chi connectivity index (χ0) is 26.4. The van der Waals surface area contributed by atoms with Crippen LogP contribution in [0.2, 0.25) is 0 Å². The van der Waals surface area contributed by atoms with Gasteiger partial charge < -0.3 is 9.47 Å². The average molecular weight is 551 g/mol. The topological polar surface area (TPSA) is 106 Å². The second-order valence-corrected chi connectivity index (χ2v) is 9.53. The smallest absolute Gasteiger partial charge is 0.204 e. The van der Waals surface area contributed by atoms with Gasteiger partial charge >= 0.3 is 0 Å². The Labute approximate surface area is 234 Å². The monoisotopic (exact) mass is 550 g/mol. The number of ether oxygens (including phenoxy) is 2. The zero-order valence-electron chi connectivity index (χ0n) is 21.7. The Kier molecular flexibility index (Phi) is 11.3. The van der Waals surface area contributed by atoms with E-state index in [0.717, 1.165) is 39.0 Å². The Bertz CT molecular complexity index is 1390. The second-order valence-electron chi connectivity index (χ2n) is 8.63. The molecule has 2 aromatic carbocycles. The van der Waals surface area contributed by atoms with E-state index in [1.807, 2.05) is 67.8 Å². The lowest BCUT2D eigenvalue weighted by atomic mass is 10.1. The summed E-state index contributed by atoms with van der Waals surface area (Å²) in [7, 11) is 3.30. The van der Waals surface area contributed by atoms with Gasteiger partial charge in [0.05, 0.1) is 26.3 Å². The van der Waals surface area contributed by atoms with E-state index in [1.165, 1.54) is 0 Å². The molecule has 5 aromatic rings. The maximum absolute atomic E-state index is 5.20. The highest BCUT2D eigenvalue weighted by molar-refractivity contribution is 7.13. The van der Waals surface area contributed by atoms with E-state index in [0.29, 0.717) is 5.82 Å². The molecule has 0 radical (unpaired) electrons. The minimum Gasteiger partial charge on any atom is -0.497 e. The first-order valence-corrected chi connectivity index (χ1v) is 12.7. The molecule has 10 nitrogen and oxygen atoms in total. The fourth-order valence-electron chi connectivity index (χ4n) is 3.28. The quantitative estimate of drug-likeness (QED) is 0.216. The molecule has 0 aliphatic rings. The van der Waals surface area contributed by atoms with Gasteiger partial charge in [0.25, 0.3) is 0 Å². The van der Waals surface area contributed by atoms with E-state index in [1.54, 1.807) is 41.3 Å². The zero-order valence-corrected chi connectivity index (χ0v) is 22.5. The second kappa shape index (κ2) is 14.1. The molecule has 0 aliphatic heterocycles. The van der Waals surface area contributed by atoms with E-state index in [-0.39, 0.29) is 26.9 Å². The van der Waals surface area contributed by atoms with Crippen molar-refractivity contribution >= 4 is 11.3 Å². The number of benzene rings is 2. The lowest BCUT2D eigenvalue weighted by molar-refractivity contribution is 0.414. The number of hydrogen-bond acceptors (Lipinski definition) is 9. The van der Waals surface area contributed by atoms with Crippen LogP contribution < -0.4 is 9.47 Å². The summed E-state index contributed by atoms with van der Waals surface area (Å²) in [6.45, 7) is 8.14. The van der Waals surface area contributed by atoms with Gasteiger partial charge in [-0.15, -0.1) is 26.6 Å². The fraction of sp³-hybridized carbons (Fsp3) is 0.357. The lowest BCUT2D eigenvalue weighted by Crippen LogP contribution is -2.04. The fourth-order valence-corrected chi connectivity index (χ4v) is 3.90. The molecule has 11 heteroatoms. The third-order valence-corrected chi connectivity index (χ3v) is 6.11. The van der Waals surface area contributed by atoms with Crippen LogP contribution in [0.5, 0.6) is 11.5 Å². The Morgan fingerprint density at radius 1 is 0.692 bits per heavy atom. The van der Waals surface area contributed by atoms with E-state index < -0.39 is 0 Å². The first-order valence-electron chi connectivity index (χ1n) is 11.8. The van der Waals surface area contributed by atoms with Crippen LogP contribution in [0.25, 0.3) is 33.3 Å². The van der Waals surface area contributed by atoms with Crippen molar-refractivity contribution in [3.8, 4) is 44.8 Å². The number of methoxy groups -OCH3 is 2. The Morgan fingerprint density at radius 2 is 1.23 bits per heavy atom. The number of thiazole rings is 1. The van der Waals surface area contributed by atoms with Gasteiger partial charge in [0.2, 0.25) is 5.82 Å². The van der Waals surface area contributed by atoms with Gasteiger partial charge in [-0.2, -0.15) is 14.7 Å². The van der Waals surface area contributed by atoms with Crippen molar-refractivity contribution in [3.63, 3.8) is 0 Å². The number of nitrogens with zero attached hydrogens (tertiary/aromatic N) is 8. The van der Waals surface area contributed by atoms with Crippen LogP contribution >= 0.6 is 11.3 Å². The predicted molar refractivity (Wildman–Crippen MR) is 157 cm³/mol. The highest BCUT2D eigenvalue weighted by atomic mass is 32.1. The van der Waals surface area contributed by atoms with Crippen LogP contribution in [0.15, 0.2) is 60.1 Å². The Hall–Kier alpha value is -4.12. The minimum atomic E-state index is 0. The summed E-state index contributed by atoms with van der Waals surface area (Å²) >= 11 is 1.57. The van der Waals surface area contributed by atoms with Crippen LogP contribution in [0.4, 0.5) is 0 Å². The molecule has 0 N–H and O–H groups in total. The maximum atomic E-state index is 5.20. The summed E-state index contributed by atoms with van der Waals surface area (Å²) in [6.07, 6.45) is 1.78. The van der Waals surface area contributed by atoms with Crippen LogP contribution in [-0.2, 0) is 0 Å². The van der Waals surface area contributed by atoms with Crippen molar-refractivity contribution in [1.29, 1.82) is 0 Å². The first-order chi connectivity index (χ1) is 17.9. The molecule has 39 heavy (non-hydrogen) atoms. The van der Waals surface area contributed by atoms with Crippen LogP contribution in [-0.4, -0.2) is 54.4 Å². The van der Waals surface area contributed by atoms with Crippen LogP contribution in [0, 0.1) is 0 Å². The highest BCUT2D eigenvalue weighted by Crippen LogP contribution is 2.31. The van der Waals surface area contributed by atoms with Gasteiger partial charge in [0.15, 0.2) is 0 Å². The summed E-state index contributed by atoms with van der Waals surface area (Å²) in [5.74, 6) is 2.28. The highest BCUT2D eigenvalue weighted by Gasteiger charge is 2.18. The van der Waals surface area contributed by atoms with Gasteiger partial charge in [-0.1, -0.05) is 14.9 Å². The van der Waals surface area contributed by atoms with E-state index in [2.05, 4.69) is 44.4 Å². The lowest BCUT2D eigenvalue weighted by Gasteiger charge is -2.02. The molecule has 0 unspecified atom stereocenters. The summed E-state index contributed by atoms with van der Waals surface area (Å²) in [5, 5.41) is 24.3. The Balaban J connectivity index is 0.000000269. The third-order valence-electron chi connectivity index (χ3n) is 5.33. The van der Waals surface area contributed by atoms with Crippen LogP contribution in [0.3, 0.4) is 0 Å². The molecule has 0 aliphatic carbocycles. The molecule has 208 valence electrons. The van der Waals surface area contributed by atoms with E-state index in [4.69, 9.17) is 9.47 Å². The Morgan fingerprint density at radius 3 is 1.69 bits per heavy atom. The molecule has 0 bridgehead atoms. The molecular weight excluding hydrogens is 512 g/mol. The van der Waals surface area contributed by atoms with Crippen molar-refractivity contribution < 1.29 is 9.47 Å². The maximum Gasteiger partial charge on any atom is 0.204 e. The molecule has 3 aromatic heterocycles. The van der Waals surface area contributed by atoms with Crippen molar-refractivity contribution in [1.82, 2.24) is 40.2 Å². The molecule has 3 heterocycles. The summed E-state index contributed by atoms with van der Waals surface area (Å²) in [4.78, 5) is 7.69. The first kappa shape index (κ1) is 31.1. The molecule has 0 saturated heterocycles. The summed E-state index contributed by atoms with van der Waals surface area (Å²) in [6, 6.07) is 15.9. The molecule has 0 amide bonds. The van der Waals surface area contributed by atoms with Crippen LogP contribution in [0.1, 0.15) is 54.6 Å². The molecule has 0 atom stereocenters. The van der Waals surface area contributed by atoms with Gasteiger partial charge in [-0.25, -0.2) is 4.98 Å². The predicted octanol–water partition coefficient (Wildman–Crippen LogP) is 6.86. The van der Waals surface area contributed by atoms with Gasteiger partial charge in [-0.05, 0) is 81.4 Å². The molecular formula is C28H38N8O2S. The number of hydrogen-bond donors (Lipinski definition) is 0. The van der Waals surface area contributed by atoms with Crippen molar-refractivity contribution in [3.05, 3.63) is 60.1 Å². The molecule has 0 fully saturated rings. The van der Waals surface area contributed by atoms with Crippen molar-refractivity contribution in [2.45, 2.75) is 54.6 Å². The molecule has 5 rings (SSSR count). The normalized spacial score (nSPS) is 10.4. The third kappa shape index (κ3) is 7.47. The largest absolute Gasteiger partial charge is 0.497 e. The number of tetrazole rings is 1. The summed E-state index contributed by atoms with van der Waals surface area (Å²) in [5.41, 5.74) is 3.62. The van der Waals surface area contributed by atoms with E-state index >= 15 is 0 Å². The summed E-state index contributed by atoms with van der Waals surface area (Å²) < 4.78 is 10.3. The molecule has 0 spiro atoms. The SMILES string of the molecule is C.C.COc1ccc(-c2nn(C(C)C)nc2-c2nccs2)cc1.COc1ccc(-c2nnn(C(C)C)n2)cc1. The van der Waals surface area contributed by atoms with Gasteiger partial charge in [0.1, 0.15) is 27.9 Å². The molecule has 0 saturated carbocycles. The van der Waals surface area contributed by atoms with Gasteiger partial charge in [-0.3, -0.25) is 0 Å². The average Bonchev–Trinajstić information content (AvgIpc) is 3.69. The van der Waals surface area contributed by atoms with Crippen molar-refractivity contribution in [2.24, 2.45) is 0 Å². The van der Waals surface area contributed by atoms with Crippen molar-refractivity contribution in [2.75, 3.05) is 14.2 Å². The number of rotatable bonds is 7. The van der Waals surface area contributed by atoms with E-state index in [9.17, 15) is 0 Å². The number of aromatic nitrogens is 8.